The van der Waals surface area contributed by atoms with Gasteiger partial charge in [0.2, 0.25) is 0 Å². The van der Waals surface area contributed by atoms with Crippen LogP contribution in [0.3, 0.4) is 0 Å². The maximum absolute atomic E-state index is 11.1. The molecule has 0 saturated carbocycles. The molecule has 1 aromatic rings. The number of hydrogen-bond donors (Lipinski definition) is 0. The number of methoxy groups -OCH3 is 1. The maximum Gasteiger partial charge on any atom is 0.177 e. The highest BCUT2D eigenvalue weighted by Crippen LogP contribution is 2.19. The van der Waals surface area contributed by atoms with Gasteiger partial charge in [0.1, 0.15) is 5.75 Å². The molecule has 0 N–H and O–H groups in total. The molecule has 0 radical (unpaired) electrons. The van der Waals surface area contributed by atoms with E-state index in [-0.39, 0.29) is 4.90 Å². The molecule has 5 heteroatoms. The van der Waals surface area contributed by atoms with E-state index >= 15 is 0 Å². The first kappa shape index (κ1) is 9.98. The van der Waals surface area contributed by atoms with E-state index in [9.17, 15) is 8.42 Å². The largest absolute Gasteiger partial charge is 0.495 e. The zero-order valence-electron chi connectivity index (χ0n) is 7.73. The molecule has 0 spiro atoms. The lowest BCUT2D eigenvalue weighted by Crippen LogP contribution is -2.00. The summed E-state index contributed by atoms with van der Waals surface area (Å²) in [6, 6.07) is 1.47. The van der Waals surface area contributed by atoms with E-state index in [4.69, 9.17) is 4.74 Å². The molecular formula is C8H11NO3S. The van der Waals surface area contributed by atoms with Crippen molar-refractivity contribution in [2.45, 2.75) is 11.8 Å². The van der Waals surface area contributed by atoms with Crippen LogP contribution in [-0.4, -0.2) is 26.8 Å². The summed E-state index contributed by atoms with van der Waals surface area (Å²) in [5, 5.41) is 0. The van der Waals surface area contributed by atoms with Crippen LogP contribution < -0.4 is 4.74 Å². The molecule has 0 aliphatic carbocycles. The summed E-state index contributed by atoms with van der Waals surface area (Å²) in [4.78, 5) is 4.09. The number of rotatable bonds is 2. The Balaban J connectivity index is 3.30. The Morgan fingerprint density at radius 2 is 2.08 bits per heavy atom. The molecule has 0 fully saturated rings. The highest BCUT2D eigenvalue weighted by molar-refractivity contribution is 7.90. The molecular weight excluding hydrogens is 190 g/mol. The number of hydrogen-bond acceptors (Lipinski definition) is 4. The van der Waals surface area contributed by atoms with E-state index in [1.165, 1.54) is 19.4 Å². The van der Waals surface area contributed by atoms with Gasteiger partial charge in [0, 0.05) is 18.5 Å². The third-order valence-electron chi connectivity index (χ3n) is 1.66. The fraction of sp³-hybridized carbons (Fsp3) is 0.375. The number of nitrogens with zero attached hydrogens (tertiary/aromatic N) is 1. The summed E-state index contributed by atoms with van der Waals surface area (Å²) in [6.07, 6.45) is 2.46. The van der Waals surface area contributed by atoms with Gasteiger partial charge in [-0.25, -0.2) is 8.42 Å². The summed E-state index contributed by atoms with van der Waals surface area (Å²) in [6.45, 7) is 1.75. The second-order valence-corrected chi connectivity index (χ2v) is 4.75. The van der Waals surface area contributed by atoms with Crippen LogP contribution in [-0.2, 0) is 9.84 Å². The van der Waals surface area contributed by atoms with Crippen LogP contribution in [0.25, 0.3) is 0 Å². The van der Waals surface area contributed by atoms with Gasteiger partial charge in [-0.1, -0.05) is 0 Å². The average Bonchev–Trinajstić information content (AvgIpc) is 2.03. The van der Waals surface area contributed by atoms with Crippen molar-refractivity contribution in [2.75, 3.05) is 13.4 Å². The lowest BCUT2D eigenvalue weighted by molar-refractivity contribution is 0.407. The molecule has 0 bridgehead atoms. The second kappa shape index (κ2) is 3.33. The molecule has 0 aliphatic rings. The summed E-state index contributed by atoms with van der Waals surface area (Å²) < 4.78 is 27.2. The first-order valence-electron chi connectivity index (χ1n) is 3.66. The van der Waals surface area contributed by atoms with Gasteiger partial charge in [-0.2, -0.15) is 0 Å². The fourth-order valence-electron chi connectivity index (χ4n) is 0.904. The van der Waals surface area contributed by atoms with E-state index in [1.807, 2.05) is 0 Å². The monoisotopic (exact) mass is 201 g/mol. The molecule has 1 aromatic heterocycles. The van der Waals surface area contributed by atoms with Gasteiger partial charge >= 0.3 is 0 Å². The van der Waals surface area contributed by atoms with Crippen molar-refractivity contribution in [2.24, 2.45) is 0 Å². The molecule has 0 unspecified atom stereocenters. The lowest BCUT2D eigenvalue weighted by Gasteiger charge is -2.04. The first-order chi connectivity index (χ1) is 5.95. The van der Waals surface area contributed by atoms with Crippen LogP contribution in [0.4, 0.5) is 0 Å². The summed E-state index contributed by atoms with van der Waals surface area (Å²) >= 11 is 0. The van der Waals surface area contributed by atoms with Crippen molar-refractivity contribution in [1.29, 1.82) is 0 Å². The third-order valence-corrected chi connectivity index (χ3v) is 2.74. The van der Waals surface area contributed by atoms with Crippen LogP contribution >= 0.6 is 0 Å². The van der Waals surface area contributed by atoms with Crippen molar-refractivity contribution in [3.05, 3.63) is 18.0 Å². The molecule has 0 aromatic carbocycles. The summed E-state index contributed by atoms with van der Waals surface area (Å²) in [7, 11) is -1.71. The van der Waals surface area contributed by atoms with Crippen molar-refractivity contribution in [3.8, 4) is 5.75 Å². The Morgan fingerprint density at radius 1 is 1.46 bits per heavy atom. The van der Waals surface area contributed by atoms with E-state index in [0.717, 1.165) is 6.26 Å². The lowest BCUT2D eigenvalue weighted by atomic mass is 10.3. The summed E-state index contributed by atoms with van der Waals surface area (Å²) in [5.41, 5.74) is 0.676. The number of pyridine rings is 1. The Hall–Kier alpha value is -1.10. The average molecular weight is 201 g/mol. The smallest absolute Gasteiger partial charge is 0.177 e. The Labute approximate surface area is 77.5 Å². The highest BCUT2D eigenvalue weighted by Gasteiger charge is 2.10. The number of aryl methyl sites for hydroxylation is 1. The molecule has 0 saturated heterocycles. The molecule has 13 heavy (non-hydrogen) atoms. The zero-order chi connectivity index (χ0) is 10.1. The minimum Gasteiger partial charge on any atom is -0.495 e. The van der Waals surface area contributed by atoms with Gasteiger partial charge in [0.25, 0.3) is 0 Å². The molecule has 4 nitrogen and oxygen atoms in total. The molecule has 72 valence electrons. The van der Waals surface area contributed by atoms with Crippen molar-refractivity contribution in [1.82, 2.24) is 4.98 Å². The zero-order valence-corrected chi connectivity index (χ0v) is 8.55. The minimum atomic E-state index is -3.19. The van der Waals surface area contributed by atoms with Crippen LogP contribution in [0, 0.1) is 6.92 Å². The van der Waals surface area contributed by atoms with Crippen molar-refractivity contribution < 1.29 is 13.2 Å². The van der Waals surface area contributed by atoms with Crippen LogP contribution in [0.5, 0.6) is 5.75 Å². The van der Waals surface area contributed by atoms with E-state index in [0.29, 0.717) is 11.4 Å². The predicted molar refractivity (Wildman–Crippen MR) is 48.6 cm³/mol. The van der Waals surface area contributed by atoms with Gasteiger partial charge in [-0.15, -0.1) is 0 Å². The molecule has 0 atom stereocenters. The van der Waals surface area contributed by atoms with Gasteiger partial charge in [-0.3, -0.25) is 4.98 Å². The van der Waals surface area contributed by atoms with Gasteiger partial charge in [-0.05, 0) is 6.92 Å². The maximum atomic E-state index is 11.1. The van der Waals surface area contributed by atoms with Gasteiger partial charge in [0.15, 0.2) is 9.84 Å². The van der Waals surface area contributed by atoms with Crippen LogP contribution in [0.15, 0.2) is 17.2 Å². The SMILES string of the molecule is COc1cc(S(C)(=O)=O)cnc1C. The third kappa shape index (κ3) is 2.18. The summed E-state index contributed by atoms with van der Waals surface area (Å²) in [5.74, 6) is 0.489. The normalized spacial score (nSPS) is 11.3. The van der Waals surface area contributed by atoms with E-state index in [2.05, 4.69) is 4.98 Å². The van der Waals surface area contributed by atoms with Crippen molar-refractivity contribution >= 4 is 9.84 Å². The molecule has 1 heterocycles. The quantitative estimate of drug-likeness (QED) is 0.710. The van der Waals surface area contributed by atoms with E-state index in [1.54, 1.807) is 6.92 Å². The van der Waals surface area contributed by atoms with Crippen LogP contribution in [0.1, 0.15) is 5.69 Å². The van der Waals surface area contributed by atoms with Gasteiger partial charge < -0.3 is 4.74 Å². The van der Waals surface area contributed by atoms with Crippen molar-refractivity contribution in [3.63, 3.8) is 0 Å². The Morgan fingerprint density at radius 3 is 2.54 bits per heavy atom. The second-order valence-electron chi connectivity index (χ2n) is 2.73. The molecule has 0 amide bonds. The number of ether oxygens (including phenoxy) is 1. The first-order valence-corrected chi connectivity index (χ1v) is 5.55. The number of sulfone groups is 1. The predicted octanol–water partition coefficient (Wildman–Crippen LogP) is 0.802. The topological polar surface area (TPSA) is 56.3 Å². The van der Waals surface area contributed by atoms with Crippen LogP contribution in [0.2, 0.25) is 0 Å². The number of aromatic nitrogens is 1. The Bertz CT molecular complexity index is 411. The molecule has 1 rings (SSSR count). The standard InChI is InChI=1S/C8H11NO3S/c1-6-8(12-2)4-7(5-9-6)13(3,10)11/h4-5H,1-3H3. The Kier molecular flexibility index (Phi) is 2.56. The van der Waals surface area contributed by atoms with Gasteiger partial charge in [0.05, 0.1) is 17.7 Å². The molecule has 0 aliphatic heterocycles. The fourth-order valence-corrected chi connectivity index (χ4v) is 1.47. The van der Waals surface area contributed by atoms with E-state index < -0.39 is 9.84 Å². The highest BCUT2D eigenvalue weighted by atomic mass is 32.2. The minimum absolute atomic E-state index is 0.176.